The van der Waals surface area contributed by atoms with E-state index in [1.807, 2.05) is 26.0 Å². The number of anilines is 1. The molecule has 0 amide bonds. The van der Waals surface area contributed by atoms with Gasteiger partial charge in [-0.05, 0) is 74.3 Å². The Bertz CT molecular complexity index is 1890. The second-order valence-electron chi connectivity index (χ2n) is 14.1. The van der Waals surface area contributed by atoms with E-state index in [1.165, 1.54) is 6.07 Å². The lowest BCUT2D eigenvalue weighted by Gasteiger charge is -2.39. The minimum Gasteiger partial charge on any atom is -0.463 e. The quantitative estimate of drug-likeness (QED) is 0.195. The number of aromatic nitrogens is 3. The molecule has 0 bridgehead atoms. The highest BCUT2D eigenvalue weighted by atomic mass is 19.4. The second kappa shape index (κ2) is 14.4. The molecule has 3 fully saturated rings. The summed E-state index contributed by atoms with van der Waals surface area (Å²) in [5, 5.41) is 5.47. The average Bonchev–Trinajstić information content (AvgIpc) is 3.89. The van der Waals surface area contributed by atoms with Gasteiger partial charge < -0.3 is 19.9 Å². The SMILES string of the molecule is CC.Cc1c(F)ccc2cccc(-c3nc4c5c(nc(OCC6(CN7CCC(OC(F)(F)F)CC7)CC6)nc5c3F)N3CCNCC3CCC4)c12. The fourth-order valence-corrected chi connectivity index (χ4v) is 7.96. The minimum atomic E-state index is -4.62. The van der Waals surface area contributed by atoms with Crippen LogP contribution in [0, 0.1) is 24.0 Å². The van der Waals surface area contributed by atoms with Crippen LogP contribution in [0.3, 0.4) is 0 Å². The van der Waals surface area contributed by atoms with Crippen LogP contribution in [0.1, 0.15) is 63.6 Å². The normalized spacial score (nSPS) is 20.7. The van der Waals surface area contributed by atoms with Gasteiger partial charge in [-0.1, -0.05) is 38.1 Å². The van der Waals surface area contributed by atoms with Crippen LogP contribution in [0.2, 0.25) is 0 Å². The molecule has 1 unspecified atom stereocenters. The minimum absolute atomic E-state index is 0.0889. The predicted octanol–water partition coefficient (Wildman–Crippen LogP) is 7.73. The van der Waals surface area contributed by atoms with Crippen molar-refractivity contribution >= 4 is 27.5 Å². The Labute approximate surface area is 294 Å². The number of hydrogen-bond donors (Lipinski definition) is 1. The van der Waals surface area contributed by atoms with Crippen molar-refractivity contribution in [3.63, 3.8) is 0 Å². The molecular formula is C38H45F5N6O2. The van der Waals surface area contributed by atoms with Gasteiger partial charge in [-0.25, -0.2) is 13.8 Å². The summed E-state index contributed by atoms with van der Waals surface area (Å²) in [5.41, 5.74) is 1.76. The first-order valence-corrected chi connectivity index (χ1v) is 18.2. The van der Waals surface area contributed by atoms with Crippen LogP contribution in [0.25, 0.3) is 32.9 Å². The zero-order valence-corrected chi connectivity index (χ0v) is 29.4. The van der Waals surface area contributed by atoms with Gasteiger partial charge in [0.05, 0.1) is 23.8 Å². The van der Waals surface area contributed by atoms with E-state index >= 15 is 4.39 Å². The van der Waals surface area contributed by atoms with Crippen LogP contribution in [-0.4, -0.2) is 84.2 Å². The molecule has 1 aliphatic carbocycles. The van der Waals surface area contributed by atoms with Gasteiger partial charge in [-0.2, -0.15) is 9.97 Å². The Morgan fingerprint density at radius 1 is 0.961 bits per heavy atom. The van der Waals surface area contributed by atoms with Crippen molar-refractivity contribution in [2.45, 2.75) is 84.2 Å². The van der Waals surface area contributed by atoms with E-state index in [-0.39, 0.29) is 34.5 Å². The van der Waals surface area contributed by atoms with Gasteiger partial charge in [-0.3, -0.25) is 4.74 Å². The van der Waals surface area contributed by atoms with Gasteiger partial charge in [0.25, 0.3) is 0 Å². The molecule has 0 radical (unpaired) electrons. The number of nitrogens with one attached hydrogen (secondary N) is 1. The standard InChI is InChI=1S/C36H39F5N6O2.C2H6/c1-21-26(37)9-8-22-4-2-6-25(28(21)22)31-30(38)32-29-27(43-31)7-3-5-23-18-42-14-17-47(23)33(29)45-34(44-32)48-20-35(12-13-35)19-46-15-10-24(11-16-46)49-36(39,40)41;1-2/h2,4,6,8-9,23-24,42H,3,5,7,10-20H2,1H3;1-2H3. The summed E-state index contributed by atoms with van der Waals surface area (Å²) >= 11 is 0. The fourth-order valence-electron chi connectivity index (χ4n) is 7.96. The number of hydrogen-bond acceptors (Lipinski definition) is 8. The van der Waals surface area contributed by atoms with E-state index in [9.17, 15) is 17.6 Å². The molecule has 2 aromatic heterocycles. The summed E-state index contributed by atoms with van der Waals surface area (Å²) in [4.78, 5) is 19.0. The van der Waals surface area contributed by atoms with Crippen LogP contribution in [0.5, 0.6) is 6.01 Å². The summed E-state index contributed by atoms with van der Waals surface area (Å²) in [6.45, 7) is 9.98. The zero-order chi connectivity index (χ0) is 35.9. The van der Waals surface area contributed by atoms with Crippen molar-refractivity contribution in [3.05, 3.63) is 53.2 Å². The molecule has 8 nitrogen and oxygen atoms in total. The molecule has 4 aromatic rings. The van der Waals surface area contributed by atoms with Crippen LogP contribution >= 0.6 is 0 Å². The lowest BCUT2D eigenvalue weighted by molar-refractivity contribution is -0.345. The number of halogens is 5. The molecule has 4 aliphatic rings. The van der Waals surface area contributed by atoms with Gasteiger partial charge >= 0.3 is 12.4 Å². The van der Waals surface area contributed by atoms with Crippen molar-refractivity contribution in [1.29, 1.82) is 0 Å². The van der Waals surface area contributed by atoms with Gasteiger partial charge in [0.15, 0.2) is 5.82 Å². The number of pyridine rings is 1. The van der Waals surface area contributed by atoms with Crippen LogP contribution in [0.15, 0.2) is 30.3 Å². The molecule has 2 saturated heterocycles. The van der Waals surface area contributed by atoms with Crippen molar-refractivity contribution in [3.8, 4) is 17.3 Å². The number of rotatable bonds is 7. The highest BCUT2D eigenvalue weighted by molar-refractivity contribution is 6.01. The van der Waals surface area contributed by atoms with Crippen molar-refractivity contribution in [2.75, 3.05) is 50.8 Å². The molecule has 13 heteroatoms. The molecular weight excluding hydrogens is 667 g/mol. The molecule has 0 spiro atoms. The summed E-state index contributed by atoms with van der Waals surface area (Å²) < 4.78 is 80.5. The molecule has 51 heavy (non-hydrogen) atoms. The molecule has 5 heterocycles. The maximum atomic E-state index is 17.0. The summed E-state index contributed by atoms with van der Waals surface area (Å²) in [6.07, 6.45) is -0.580. The fraction of sp³-hybridized carbons (Fsp3) is 0.553. The van der Waals surface area contributed by atoms with Gasteiger partial charge in [0, 0.05) is 56.3 Å². The number of ether oxygens (including phenoxy) is 2. The lowest BCUT2D eigenvalue weighted by Crippen LogP contribution is -2.52. The molecule has 1 atom stereocenters. The maximum Gasteiger partial charge on any atom is 0.522 e. The first-order chi connectivity index (χ1) is 24.6. The number of fused-ring (bicyclic) bond motifs is 3. The first kappa shape index (κ1) is 35.7. The van der Waals surface area contributed by atoms with E-state index in [0.29, 0.717) is 85.5 Å². The second-order valence-corrected chi connectivity index (χ2v) is 14.1. The molecule has 1 N–H and O–H groups in total. The first-order valence-electron chi connectivity index (χ1n) is 18.2. The van der Waals surface area contributed by atoms with E-state index in [1.54, 1.807) is 19.1 Å². The Kier molecular flexibility index (Phi) is 10.1. The summed E-state index contributed by atoms with van der Waals surface area (Å²) in [6, 6.07) is 8.88. The van der Waals surface area contributed by atoms with Crippen LogP contribution in [0.4, 0.5) is 27.8 Å². The molecule has 8 rings (SSSR count). The third-order valence-electron chi connectivity index (χ3n) is 10.7. The van der Waals surface area contributed by atoms with E-state index in [2.05, 4.69) is 19.9 Å². The maximum absolute atomic E-state index is 17.0. The Morgan fingerprint density at radius 2 is 1.75 bits per heavy atom. The Hall–Kier alpha value is -3.68. The third-order valence-corrected chi connectivity index (χ3v) is 10.7. The van der Waals surface area contributed by atoms with E-state index in [0.717, 1.165) is 44.2 Å². The van der Waals surface area contributed by atoms with Crippen molar-refractivity contribution in [2.24, 2.45) is 5.41 Å². The zero-order valence-electron chi connectivity index (χ0n) is 29.4. The van der Waals surface area contributed by atoms with Gasteiger partial charge in [-0.15, -0.1) is 13.2 Å². The average molecular weight is 713 g/mol. The number of benzene rings is 2. The van der Waals surface area contributed by atoms with Crippen LogP contribution < -0.4 is 15.0 Å². The number of alkyl halides is 3. The van der Waals surface area contributed by atoms with Crippen LogP contribution in [-0.2, 0) is 11.2 Å². The Morgan fingerprint density at radius 3 is 2.49 bits per heavy atom. The van der Waals surface area contributed by atoms with Gasteiger partial charge in [0.2, 0.25) is 0 Å². The molecule has 3 aliphatic heterocycles. The highest BCUT2D eigenvalue weighted by Gasteiger charge is 2.46. The third kappa shape index (κ3) is 7.34. The largest absolute Gasteiger partial charge is 0.522 e. The van der Waals surface area contributed by atoms with E-state index < -0.39 is 18.3 Å². The van der Waals surface area contributed by atoms with E-state index in [4.69, 9.17) is 19.7 Å². The smallest absolute Gasteiger partial charge is 0.463 e. The molecule has 274 valence electrons. The van der Waals surface area contributed by atoms with Crippen molar-refractivity contribution in [1.82, 2.24) is 25.2 Å². The number of aryl methyl sites for hydroxylation is 2. The van der Waals surface area contributed by atoms with Crippen molar-refractivity contribution < 1.29 is 31.4 Å². The summed E-state index contributed by atoms with van der Waals surface area (Å²) in [5.74, 6) is -0.342. The lowest BCUT2D eigenvalue weighted by atomic mass is 9.95. The predicted molar refractivity (Wildman–Crippen MR) is 187 cm³/mol. The number of likely N-dealkylation sites (tertiary alicyclic amines) is 1. The topological polar surface area (TPSA) is 75.6 Å². The number of piperidine rings is 1. The highest BCUT2D eigenvalue weighted by Crippen LogP contribution is 2.47. The molecule has 2 aromatic carbocycles. The summed E-state index contributed by atoms with van der Waals surface area (Å²) in [7, 11) is 0. The Balaban J connectivity index is 0.00000200. The molecule has 1 saturated carbocycles. The number of nitrogens with zero attached hydrogens (tertiary/aromatic N) is 5. The monoisotopic (exact) mass is 712 g/mol. The number of piperazine rings is 1. The van der Waals surface area contributed by atoms with Gasteiger partial charge in [0.1, 0.15) is 22.8 Å².